The SMILES string of the molecule is O=C(O)C(Cc1ccc(Br)cc1)Oc1cccc2ccccc12. The minimum absolute atomic E-state index is 0.311. The molecule has 1 unspecified atom stereocenters. The third kappa shape index (κ3) is 3.71. The fourth-order valence-corrected chi connectivity index (χ4v) is 2.73. The van der Waals surface area contributed by atoms with Crippen LogP contribution in [0.5, 0.6) is 5.75 Å². The van der Waals surface area contributed by atoms with Crippen LogP contribution in [-0.4, -0.2) is 17.2 Å². The zero-order valence-electron chi connectivity index (χ0n) is 12.3. The summed E-state index contributed by atoms with van der Waals surface area (Å²) in [6, 6.07) is 21.0. The molecule has 0 spiro atoms. The van der Waals surface area contributed by atoms with E-state index in [9.17, 15) is 9.90 Å². The third-order valence-corrected chi connectivity index (χ3v) is 4.16. The Kier molecular flexibility index (Phi) is 4.63. The van der Waals surface area contributed by atoms with Crippen molar-refractivity contribution in [2.45, 2.75) is 12.5 Å². The lowest BCUT2D eigenvalue weighted by Gasteiger charge is -2.17. The molecule has 3 nitrogen and oxygen atoms in total. The van der Waals surface area contributed by atoms with E-state index in [-0.39, 0.29) is 0 Å². The van der Waals surface area contributed by atoms with Gasteiger partial charge in [0.05, 0.1) is 0 Å². The molecule has 0 saturated carbocycles. The van der Waals surface area contributed by atoms with E-state index >= 15 is 0 Å². The summed E-state index contributed by atoms with van der Waals surface area (Å²) in [6.45, 7) is 0. The van der Waals surface area contributed by atoms with Crippen LogP contribution in [0.25, 0.3) is 10.8 Å². The summed E-state index contributed by atoms with van der Waals surface area (Å²) in [7, 11) is 0. The molecule has 3 aromatic carbocycles. The molecule has 1 atom stereocenters. The molecular formula is C19H15BrO3. The second-order valence-electron chi connectivity index (χ2n) is 5.25. The lowest BCUT2D eigenvalue weighted by Crippen LogP contribution is -2.29. The van der Waals surface area contributed by atoms with Crippen LogP contribution in [0.3, 0.4) is 0 Å². The quantitative estimate of drug-likeness (QED) is 0.709. The standard InChI is InChI=1S/C19H15BrO3/c20-15-10-8-13(9-11-15)12-18(19(21)22)23-17-7-3-5-14-4-1-2-6-16(14)17/h1-11,18H,12H2,(H,21,22). The molecule has 116 valence electrons. The van der Waals surface area contributed by atoms with E-state index in [0.29, 0.717) is 12.2 Å². The smallest absolute Gasteiger partial charge is 0.345 e. The Labute approximate surface area is 142 Å². The van der Waals surface area contributed by atoms with E-state index < -0.39 is 12.1 Å². The zero-order valence-corrected chi connectivity index (χ0v) is 13.9. The van der Waals surface area contributed by atoms with Crippen LogP contribution in [0, 0.1) is 0 Å². The molecule has 0 saturated heterocycles. The van der Waals surface area contributed by atoms with E-state index in [0.717, 1.165) is 20.8 Å². The van der Waals surface area contributed by atoms with Crippen molar-refractivity contribution in [1.29, 1.82) is 0 Å². The molecule has 23 heavy (non-hydrogen) atoms. The van der Waals surface area contributed by atoms with Crippen LogP contribution in [0.15, 0.2) is 71.2 Å². The highest BCUT2D eigenvalue weighted by atomic mass is 79.9. The Morgan fingerprint density at radius 3 is 2.43 bits per heavy atom. The van der Waals surface area contributed by atoms with Gasteiger partial charge in [0.15, 0.2) is 6.10 Å². The molecule has 0 fully saturated rings. The molecule has 0 aromatic heterocycles. The van der Waals surface area contributed by atoms with Crippen molar-refractivity contribution < 1.29 is 14.6 Å². The largest absolute Gasteiger partial charge is 0.478 e. The predicted octanol–water partition coefficient (Wildman–Crippen LogP) is 4.68. The molecule has 0 bridgehead atoms. The lowest BCUT2D eigenvalue weighted by molar-refractivity contribution is -0.144. The first-order valence-electron chi connectivity index (χ1n) is 7.25. The first-order chi connectivity index (χ1) is 11.1. The normalized spacial score (nSPS) is 12.0. The van der Waals surface area contributed by atoms with Crippen molar-refractivity contribution in [3.05, 3.63) is 76.8 Å². The highest BCUT2D eigenvalue weighted by Gasteiger charge is 2.21. The molecule has 1 N–H and O–H groups in total. The second-order valence-corrected chi connectivity index (χ2v) is 6.17. The summed E-state index contributed by atoms with van der Waals surface area (Å²) in [5, 5.41) is 11.4. The summed E-state index contributed by atoms with van der Waals surface area (Å²) in [5.74, 6) is -0.381. The zero-order chi connectivity index (χ0) is 16.2. The second kappa shape index (κ2) is 6.84. The van der Waals surface area contributed by atoms with Gasteiger partial charge in [-0.3, -0.25) is 0 Å². The first kappa shape index (κ1) is 15.6. The van der Waals surface area contributed by atoms with Crippen molar-refractivity contribution in [3.63, 3.8) is 0 Å². The number of rotatable bonds is 5. The Morgan fingerprint density at radius 2 is 1.70 bits per heavy atom. The van der Waals surface area contributed by atoms with Crippen LogP contribution in [0.4, 0.5) is 0 Å². The number of carboxylic acid groups (broad SMARTS) is 1. The molecule has 0 radical (unpaired) electrons. The predicted molar refractivity (Wildman–Crippen MR) is 93.8 cm³/mol. The number of aliphatic carboxylic acids is 1. The van der Waals surface area contributed by atoms with Crippen LogP contribution >= 0.6 is 15.9 Å². The summed E-state index contributed by atoms with van der Waals surface area (Å²) >= 11 is 3.37. The van der Waals surface area contributed by atoms with Crippen molar-refractivity contribution in [1.82, 2.24) is 0 Å². The fourth-order valence-electron chi connectivity index (χ4n) is 2.47. The monoisotopic (exact) mass is 370 g/mol. The van der Waals surface area contributed by atoms with Gasteiger partial charge in [0.25, 0.3) is 0 Å². The highest BCUT2D eigenvalue weighted by molar-refractivity contribution is 9.10. The fraction of sp³-hybridized carbons (Fsp3) is 0.105. The number of halogens is 1. The molecule has 0 amide bonds. The van der Waals surface area contributed by atoms with Crippen LogP contribution < -0.4 is 4.74 Å². The van der Waals surface area contributed by atoms with Gasteiger partial charge in [0.1, 0.15) is 5.75 Å². The summed E-state index contributed by atoms with van der Waals surface area (Å²) in [5.41, 5.74) is 0.917. The molecular weight excluding hydrogens is 356 g/mol. The van der Waals surface area contributed by atoms with Crippen LogP contribution in [-0.2, 0) is 11.2 Å². The van der Waals surface area contributed by atoms with E-state index in [1.54, 1.807) is 6.07 Å². The Morgan fingerprint density at radius 1 is 1.00 bits per heavy atom. The van der Waals surface area contributed by atoms with Gasteiger partial charge in [0, 0.05) is 16.3 Å². The van der Waals surface area contributed by atoms with Crippen molar-refractivity contribution in [2.75, 3.05) is 0 Å². The maximum Gasteiger partial charge on any atom is 0.345 e. The van der Waals surface area contributed by atoms with Gasteiger partial charge in [0.2, 0.25) is 0 Å². The maximum atomic E-state index is 11.6. The average molecular weight is 371 g/mol. The Bertz CT molecular complexity index is 822. The van der Waals surface area contributed by atoms with Crippen LogP contribution in [0.2, 0.25) is 0 Å². The van der Waals surface area contributed by atoms with E-state index in [2.05, 4.69) is 15.9 Å². The number of fused-ring (bicyclic) bond motifs is 1. The van der Waals surface area contributed by atoms with E-state index in [1.807, 2.05) is 60.7 Å². The van der Waals surface area contributed by atoms with Gasteiger partial charge in [-0.25, -0.2) is 4.79 Å². The number of carboxylic acids is 1. The molecule has 0 aliphatic rings. The minimum atomic E-state index is -0.971. The summed E-state index contributed by atoms with van der Waals surface area (Å²) in [4.78, 5) is 11.6. The topological polar surface area (TPSA) is 46.5 Å². The lowest BCUT2D eigenvalue weighted by atomic mass is 10.1. The van der Waals surface area contributed by atoms with Crippen molar-refractivity contribution >= 4 is 32.7 Å². The van der Waals surface area contributed by atoms with Crippen molar-refractivity contribution in [3.8, 4) is 5.75 Å². The maximum absolute atomic E-state index is 11.6. The number of hydrogen-bond acceptors (Lipinski definition) is 2. The molecule has 0 heterocycles. The van der Waals surface area contributed by atoms with Gasteiger partial charge in [-0.2, -0.15) is 0 Å². The summed E-state index contributed by atoms with van der Waals surface area (Å²) in [6.07, 6.45) is -0.617. The molecule has 0 aliphatic carbocycles. The minimum Gasteiger partial charge on any atom is -0.478 e. The van der Waals surface area contributed by atoms with Gasteiger partial charge >= 0.3 is 5.97 Å². The number of hydrogen-bond donors (Lipinski definition) is 1. The third-order valence-electron chi connectivity index (χ3n) is 3.63. The van der Waals surface area contributed by atoms with E-state index in [1.165, 1.54) is 0 Å². The summed E-state index contributed by atoms with van der Waals surface area (Å²) < 4.78 is 6.77. The van der Waals surface area contributed by atoms with Crippen LogP contribution in [0.1, 0.15) is 5.56 Å². The van der Waals surface area contributed by atoms with E-state index in [4.69, 9.17) is 4.74 Å². The average Bonchev–Trinajstić information content (AvgIpc) is 2.56. The molecule has 0 aliphatic heterocycles. The number of carbonyl (C=O) groups is 1. The van der Waals surface area contributed by atoms with Gasteiger partial charge in [-0.1, -0.05) is 64.5 Å². The molecule has 3 rings (SSSR count). The molecule has 3 aromatic rings. The van der Waals surface area contributed by atoms with Crippen molar-refractivity contribution in [2.24, 2.45) is 0 Å². The Hall–Kier alpha value is -2.33. The number of benzene rings is 3. The molecule has 4 heteroatoms. The number of ether oxygens (including phenoxy) is 1. The Balaban J connectivity index is 1.87. The van der Waals surface area contributed by atoms with Gasteiger partial charge in [-0.05, 0) is 29.1 Å². The first-order valence-corrected chi connectivity index (χ1v) is 8.04. The van der Waals surface area contributed by atoms with Gasteiger partial charge < -0.3 is 9.84 Å². The van der Waals surface area contributed by atoms with Gasteiger partial charge in [-0.15, -0.1) is 0 Å². The highest BCUT2D eigenvalue weighted by Crippen LogP contribution is 2.26.